The van der Waals surface area contributed by atoms with Crippen molar-refractivity contribution >= 4 is 70.6 Å². The zero-order valence-electron chi connectivity index (χ0n) is 13.7. The summed E-state index contributed by atoms with van der Waals surface area (Å²) in [5.74, 6) is 4.91. The molecule has 8 heteroatoms. The predicted molar refractivity (Wildman–Crippen MR) is 121 cm³/mol. The third kappa shape index (κ3) is 8.93. The van der Waals surface area contributed by atoms with Crippen molar-refractivity contribution < 1.29 is 10.2 Å². The lowest BCUT2D eigenvalue weighted by Gasteiger charge is -2.09. The van der Waals surface area contributed by atoms with E-state index in [0.29, 0.717) is 9.16 Å². The summed E-state index contributed by atoms with van der Waals surface area (Å²) in [6, 6.07) is 0. The molecule has 2 aliphatic heterocycles. The van der Waals surface area contributed by atoms with E-state index >= 15 is 0 Å². The van der Waals surface area contributed by atoms with Gasteiger partial charge in [-0.1, -0.05) is 12.8 Å². The van der Waals surface area contributed by atoms with Crippen LogP contribution in [0.3, 0.4) is 0 Å². The fourth-order valence-corrected chi connectivity index (χ4v) is 9.91. The molecule has 2 unspecified atom stereocenters. The molecule has 138 valence electrons. The molecule has 0 aromatic rings. The highest BCUT2D eigenvalue weighted by atomic mass is 32.2. The van der Waals surface area contributed by atoms with E-state index in [1.165, 1.54) is 48.7 Å². The van der Waals surface area contributed by atoms with Gasteiger partial charge in [-0.2, -0.15) is 23.5 Å². The second kappa shape index (κ2) is 13.6. The number of rotatable bonds is 13. The molecule has 0 radical (unpaired) electrons. The first-order chi connectivity index (χ1) is 11.8. The number of aliphatic hydroxyl groups is 2. The van der Waals surface area contributed by atoms with Gasteiger partial charge in [-0.25, -0.2) is 0 Å². The van der Waals surface area contributed by atoms with Crippen molar-refractivity contribution in [3.63, 3.8) is 0 Å². The van der Waals surface area contributed by atoms with Crippen LogP contribution >= 0.6 is 70.6 Å². The van der Waals surface area contributed by atoms with Crippen molar-refractivity contribution in [2.75, 3.05) is 36.2 Å². The third-order valence-electron chi connectivity index (χ3n) is 3.42. The fraction of sp³-hybridized carbons (Fsp3) is 0.750. The lowest BCUT2D eigenvalue weighted by atomic mass is 10.2. The van der Waals surface area contributed by atoms with Crippen molar-refractivity contribution in [3.05, 3.63) is 20.6 Å². The zero-order valence-corrected chi connectivity index (χ0v) is 18.6. The molecule has 0 saturated carbocycles. The Kier molecular flexibility index (Phi) is 12.4. The average Bonchev–Trinajstić information content (AvgIpc) is 3.25. The summed E-state index contributed by atoms with van der Waals surface area (Å²) < 4.78 is 1.22. The summed E-state index contributed by atoms with van der Waals surface area (Å²) in [5, 5.41) is 22.4. The van der Waals surface area contributed by atoms with Crippen molar-refractivity contribution in [1.29, 1.82) is 0 Å². The minimum Gasteiger partial charge on any atom is -0.391 e. The van der Waals surface area contributed by atoms with Crippen LogP contribution in [0.2, 0.25) is 0 Å². The van der Waals surface area contributed by atoms with E-state index in [-0.39, 0.29) is 13.2 Å². The van der Waals surface area contributed by atoms with Crippen LogP contribution < -0.4 is 0 Å². The van der Waals surface area contributed by atoms with Crippen molar-refractivity contribution in [2.45, 2.75) is 34.8 Å². The SMILES string of the molecule is OCC1=CSC(CSCCCCCCSCC2SC=C(CO)S2)S1. The van der Waals surface area contributed by atoms with Gasteiger partial charge in [0.2, 0.25) is 0 Å². The van der Waals surface area contributed by atoms with E-state index in [2.05, 4.69) is 34.3 Å². The first-order valence-electron chi connectivity index (χ1n) is 8.21. The summed E-state index contributed by atoms with van der Waals surface area (Å²) >= 11 is 11.5. The maximum Gasteiger partial charge on any atom is 0.0746 e. The van der Waals surface area contributed by atoms with Gasteiger partial charge < -0.3 is 10.2 Å². The smallest absolute Gasteiger partial charge is 0.0746 e. The molecule has 0 aliphatic carbocycles. The zero-order chi connectivity index (χ0) is 17.0. The maximum atomic E-state index is 9.07. The first-order valence-corrected chi connectivity index (χ1v) is 14.2. The maximum absolute atomic E-state index is 9.07. The van der Waals surface area contributed by atoms with Crippen molar-refractivity contribution in [1.82, 2.24) is 0 Å². The Balaban J connectivity index is 1.30. The Bertz CT molecular complexity index is 377. The molecule has 2 N–H and O–H groups in total. The summed E-state index contributed by atoms with van der Waals surface area (Å²) in [7, 11) is 0. The number of thioether (sulfide) groups is 6. The van der Waals surface area contributed by atoms with Gasteiger partial charge in [0.05, 0.1) is 22.4 Å². The molecule has 2 heterocycles. The normalized spacial score (nSPS) is 23.6. The topological polar surface area (TPSA) is 40.5 Å². The summed E-state index contributed by atoms with van der Waals surface area (Å²) in [6.07, 6.45) is 5.36. The lowest BCUT2D eigenvalue weighted by molar-refractivity contribution is 0.339. The highest BCUT2D eigenvalue weighted by Gasteiger charge is 2.18. The highest BCUT2D eigenvalue weighted by molar-refractivity contribution is 8.24. The fourth-order valence-electron chi connectivity index (χ4n) is 2.17. The second-order valence-corrected chi connectivity index (χ2v) is 13.1. The van der Waals surface area contributed by atoms with Crippen LogP contribution in [-0.2, 0) is 0 Å². The van der Waals surface area contributed by atoms with Gasteiger partial charge in [0.25, 0.3) is 0 Å². The molecular formula is C16H26O2S6. The largest absolute Gasteiger partial charge is 0.391 e. The minimum absolute atomic E-state index is 0.202. The Hall–Kier alpha value is 1.50. The Morgan fingerprint density at radius 2 is 1.21 bits per heavy atom. The number of aliphatic hydroxyl groups excluding tert-OH is 2. The number of hydrogen-bond acceptors (Lipinski definition) is 8. The van der Waals surface area contributed by atoms with Crippen molar-refractivity contribution in [3.8, 4) is 0 Å². The Labute approximate surface area is 171 Å². The quantitative estimate of drug-likeness (QED) is 0.373. The first kappa shape index (κ1) is 21.8. The molecule has 2 aliphatic rings. The standard InChI is InChI=1S/C16H26O2S6/c17-7-13-9-21-15(23-13)11-19-5-3-1-2-4-6-20-12-16-22-10-14(8-18)24-16/h9-10,15-18H,1-8,11-12H2. The van der Waals surface area contributed by atoms with E-state index in [1.807, 2.05) is 47.0 Å². The van der Waals surface area contributed by atoms with Crippen LogP contribution in [0.4, 0.5) is 0 Å². The molecule has 0 aromatic carbocycles. The Morgan fingerprint density at radius 3 is 1.58 bits per heavy atom. The van der Waals surface area contributed by atoms with Crippen LogP contribution in [0.25, 0.3) is 0 Å². The second-order valence-electron chi connectivity index (χ2n) is 5.42. The van der Waals surface area contributed by atoms with Gasteiger partial charge in [0, 0.05) is 21.3 Å². The molecular weight excluding hydrogens is 417 g/mol. The van der Waals surface area contributed by atoms with E-state index in [4.69, 9.17) is 10.2 Å². The third-order valence-corrected chi connectivity index (χ3v) is 11.8. The van der Waals surface area contributed by atoms with Gasteiger partial charge in [-0.15, -0.1) is 47.0 Å². The van der Waals surface area contributed by atoms with E-state index in [9.17, 15) is 0 Å². The van der Waals surface area contributed by atoms with Crippen LogP contribution in [0, 0.1) is 0 Å². The van der Waals surface area contributed by atoms with Crippen LogP contribution in [0.15, 0.2) is 20.6 Å². The van der Waals surface area contributed by atoms with Crippen molar-refractivity contribution in [2.24, 2.45) is 0 Å². The average molecular weight is 443 g/mol. The monoisotopic (exact) mass is 442 g/mol. The molecule has 2 rings (SSSR count). The molecule has 0 amide bonds. The highest BCUT2D eigenvalue weighted by Crippen LogP contribution is 2.41. The van der Waals surface area contributed by atoms with Gasteiger partial charge in [-0.05, 0) is 35.2 Å². The van der Waals surface area contributed by atoms with Gasteiger partial charge in [0.15, 0.2) is 0 Å². The summed E-state index contributed by atoms with van der Waals surface area (Å²) in [4.78, 5) is 2.25. The van der Waals surface area contributed by atoms with E-state index in [0.717, 1.165) is 9.81 Å². The summed E-state index contributed by atoms with van der Waals surface area (Å²) in [5.41, 5.74) is 0. The molecule has 2 atom stereocenters. The van der Waals surface area contributed by atoms with Gasteiger partial charge in [-0.3, -0.25) is 0 Å². The van der Waals surface area contributed by atoms with Crippen LogP contribution in [0.1, 0.15) is 25.7 Å². The van der Waals surface area contributed by atoms with Gasteiger partial charge >= 0.3 is 0 Å². The molecule has 0 spiro atoms. The van der Waals surface area contributed by atoms with Crippen LogP contribution in [-0.4, -0.2) is 55.6 Å². The molecule has 0 fully saturated rings. The molecule has 0 aromatic heterocycles. The number of unbranched alkanes of at least 4 members (excludes halogenated alkanes) is 3. The van der Waals surface area contributed by atoms with Crippen LogP contribution in [0.5, 0.6) is 0 Å². The minimum atomic E-state index is 0.202. The summed E-state index contributed by atoms with van der Waals surface area (Å²) in [6.45, 7) is 0.405. The van der Waals surface area contributed by atoms with Gasteiger partial charge in [0.1, 0.15) is 0 Å². The molecule has 2 nitrogen and oxygen atoms in total. The number of hydrogen-bond donors (Lipinski definition) is 2. The Morgan fingerprint density at radius 1 is 0.750 bits per heavy atom. The molecule has 0 saturated heterocycles. The molecule has 24 heavy (non-hydrogen) atoms. The molecule has 0 bridgehead atoms. The predicted octanol–water partition coefficient (Wildman–Crippen LogP) is 5.29. The van der Waals surface area contributed by atoms with E-state index in [1.54, 1.807) is 0 Å². The lowest BCUT2D eigenvalue weighted by Crippen LogP contribution is -1.99. The van der Waals surface area contributed by atoms with E-state index < -0.39 is 0 Å².